The molecule has 5 aromatic carbocycles. The van der Waals surface area contributed by atoms with Crippen LogP contribution in [0.15, 0.2) is 51.5 Å². The van der Waals surface area contributed by atoms with E-state index < -0.39 is 29.6 Å². The van der Waals surface area contributed by atoms with Crippen molar-refractivity contribution in [2.75, 3.05) is 19.1 Å². The predicted molar refractivity (Wildman–Crippen MR) is 239 cm³/mol. The summed E-state index contributed by atoms with van der Waals surface area (Å²) >= 11 is 37.5. The number of benzene rings is 5. The molecule has 18 heteroatoms. The number of hydrogen-bond donors (Lipinski definition) is 0. The molecule has 284 valence electrons. The predicted octanol–water partition coefficient (Wildman–Crippen LogP) is 13.0. The summed E-state index contributed by atoms with van der Waals surface area (Å²) in [7, 11) is 0. The van der Waals surface area contributed by atoms with Crippen LogP contribution in [0.5, 0.6) is 0 Å². The van der Waals surface area contributed by atoms with Gasteiger partial charge in [0.2, 0.25) is 0 Å². The van der Waals surface area contributed by atoms with Crippen molar-refractivity contribution in [3.05, 3.63) is 93.9 Å². The second kappa shape index (κ2) is 14.7. The smallest absolute Gasteiger partial charge is 0.324 e. The van der Waals surface area contributed by atoms with Crippen LogP contribution < -0.4 is 0 Å². The monoisotopic (exact) mass is 934 g/mol. The molecule has 0 atom stereocenters. The summed E-state index contributed by atoms with van der Waals surface area (Å²) in [5.74, 6) is -3.62. The number of rotatable bonds is 8. The van der Waals surface area contributed by atoms with Crippen molar-refractivity contribution in [2.24, 2.45) is 0 Å². The quantitative estimate of drug-likeness (QED) is 0.0641. The first-order valence-electron chi connectivity index (χ1n) is 16.8. The van der Waals surface area contributed by atoms with E-state index in [9.17, 15) is 24.0 Å². The number of hydroxylamine groups is 2. The molecule has 0 unspecified atom stereocenters. The second-order valence-corrected chi connectivity index (χ2v) is 21.1. The molecule has 0 bridgehead atoms. The minimum atomic E-state index is -0.902. The van der Waals surface area contributed by atoms with Crippen molar-refractivity contribution in [3.63, 3.8) is 0 Å². The third-order valence-corrected chi connectivity index (χ3v) is 19.1. The molecule has 4 amide bonds. The number of fused-ring (bicyclic) bond motifs is 2. The zero-order valence-electron chi connectivity index (χ0n) is 29.0. The Morgan fingerprint density at radius 3 is 1.50 bits per heavy atom. The lowest BCUT2D eigenvalue weighted by molar-refractivity contribution is -0.163. The van der Waals surface area contributed by atoms with Gasteiger partial charge in [0.15, 0.2) is 0 Å². The highest BCUT2D eigenvalue weighted by molar-refractivity contribution is 8.42. The van der Waals surface area contributed by atoms with Crippen molar-refractivity contribution in [2.45, 2.75) is 26.2 Å². The van der Waals surface area contributed by atoms with E-state index in [4.69, 9.17) is 51.2 Å². The van der Waals surface area contributed by atoms with Crippen LogP contribution in [0.3, 0.4) is 0 Å². The van der Waals surface area contributed by atoms with Gasteiger partial charge in [-0.1, -0.05) is 118 Å². The molecular weight excluding hydrogens is 915 g/mol. The molecule has 4 aliphatic heterocycles. The van der Waals surface area contributed by atoms with Gasteiger partial charge in [-0.2, -0.15) is 0 Å². The van der Waals surface area contributed by atoms with E-state index in [2.05, 4.69) is 0 Å². The van der Waals surface area contributed by atoms with Gasteiger partial charge in [-0.3, -0.25) is 24.1 Å². The van der Waals surface area contributed by atoms with Crippen molar-refractivity contribution in [1.29, 1.82) is 0 Å². The highest BCUT2D eigenvalue weighted by atomic mass is 35.5. The van der Waals surface area contributed by atoms with Gasteiger partial charge in [-0.15, -0.1) is 23.5 Å². The number of imide groups is 2. The second-order valence-electron chi connectivity index (χ2n) is 12.8. The Balaban J connectivity index is 1.15. The molecule has 0 saturated carbocycles. The molecule has 0 radical (unpaired) electrons. The summed E-state index contributed by atoms with van der Waals surface area (Å²) in [6, 6.07) is 5.85. The van der Waals surface area contributed by atoms with Crippen LogP contribution in [-0.4, -0.2) is 58.6 Å². The molecule has 4 aliphatic rings. The van der Waals surface area contributed by atoms with Crippen LogP contribution in [0.25, 0.3) is 43.1 Å². The first kappa shape index (κ1) is 39.1. The van der Waals surface area contributed by atoms with Gasteiger partial charge in [0.1, 0.15) is 4.91 Å². The van der Waals surface area contributed by atoms with Gasteiger partial charge in [0.05, 0.1) is 39.2 Å². The Kier molecular flexibility index (Phi) is 10.3. The number of amides is 4. The Morgan fingerprint density at radius 2 is 1.07 bits per heavy atom. The molecular formula is C38H22Cl4N2O6S6. The fourth-order valence-electron chi connectivity index (χ4n) is 7.46. The Hall–Kier alpha value is -2.37. The third kappa shape index (κ3) is 5.76. The molecule has 8 nitrogen and oxygen atoms in total. The molecule has 0 aromatic heterocycles. The SMILES string of the molecule is CCCCCN1C(=O)c2cc(Cl)c3c4c(Cl)cc5c6c(cc(Cl)c(c7c(Cl)cc(c2c37)C1=O)c64)C(=O)N(OC(=O)C1=CSC(=C2SC(SC)=C(SC)S2)S1)C5=O. The van der Waals surface area contributed by atoms with Gasteiger partial charge in [-0.25, -0.2) is 4.79 Å². The zero-order valence-corrected chi connectivity index (χ0v) is 36.9. The van der Waals surface area contributed by atoms with Crippen LogP contribution in [0, 0.1) is 0 Å². The number of halogens is 4. The average Bonchev–Trinajstić information content (AvgIpc) is 3.85. The molecule has 0 fully saturated rings. The minimum Gasteiger partial charge on any atom is -0.324 e. The molecule has 0 spiro atoms. The third-order valence-electron chi connectivity index (χ3n) is 9.81. The van der Waals surface area contributed by atoms with E-state index >= 15 is 0 Å². The van der Waals surface area contributed by atoms with Crippen LogP contribution in [0.1, 0.15) is 67.6 Å². The van der Waals surface area contributed by atoms with Crippen LogP contribution in [0.2, 0.25) is 20.1 Å². The lowest BCUT2D eigenvalue weighted by Gasteiger charge is -2.30. The summed E-state index contributed by atoms with van der Waals surface area (Å²) in [4.78, 5) is 76.7. The highest BCUT2D eigenvalue weighted by Crippen LogP contribution is 2.62. The van der Waals surface area contributed by atoms with Crippen molar-refractivity contribution in [1.82, 2.24) is 9.96 Å². The first-order valence-corrected chi connectivity index (χ1v) is 24.1. The molecule has 0 aliphatic carbocycles. The maximum absolute atomic E-state index is 14.2. The van der Waals surface area contributed by atoms with Gasteiger partial charge in [-0.05, 0) is 48.6 Å². The summed E-state index contributed by atoms with van der Waals surface area (Å²) < 4.78 is 4.32. The van der Waals surface area contributed by atoms with E-state index in [0.29, 0.717) is 49.2 Å². The zero-order chi connectivity index (χ0) is 39.5. The number of unbranched alkanes of at least 4 members (excludes halogenated alkanes) is 2. The summed E-state index contributed by atoms with van der Waals surface area (Å²) in [5.41, 5.74) is 0.470. The first-order chi connectivity index (χ1) is 26.9. The summed E-state index contributed by atoms with van der Waals surface area (Å²) in [6.45, 7) is 2.28. The van der Waals surface area contributed by atoms with Gasteiger partial charge in [0, 0.05) is 69.7 Å². The average molecular weight is 937 g/mol. The van der Waals surface area contributed by atoms with Crippen molar-refractivity contribution >= 4 is 190 Å². The summed E-state index contributed by atoms with van der Waals surface area (Å²) in [6.07, 6.45) is 6.44. The standard InChI is InChI=1S/C38H22Cl4N2O6S6/c1-4-5-6-7-43-30(45)13-8-17(39)24-26-19(41)10-15-23-16(11-20(42)27(29(23)26)25-18(40)9-14(31(43)46)22(13)28(24)25)33(48)44(32(15)47)50-34(49)21-12-53-37(54-21)38-55-35(51-2)36(52-3)56-38/h8-12H,4-7H2,1-3H3. The fourth-order valence-corrected chi connectivity index (χ4v) is 16.1. The maximum atomic E-state index is 14.2. The molecule has 5 aromatic rings. The maximum Gasteiger partial charge on any atom is 0.371 e. The van der Waals surface area contributed by atoms with Gasteiger partial charge >= 0.3 is 5.97 Å². The number of nitrogens with zero attached hydrogens (tertiary/aromatic N) is 2. The lowest BCUT2D eigenvalue weighted by atomic mass is 9.82. The number of thioether (sulfide) groups is 6. The Morgan fingerprint density at radius 1 is 0.625 bits per heavy atom. The van der Waals surface area contributed by atoms with E-state index in [1.54, 1.807) is 52.5 Å². The summed E-state index contributed by atoms with van der Waals surface area (Å²) in [5, 5.41) is 5.36. The normalized spacial score (nSPS) is 17.1. The number of carbonyl (C=O) groups is 5. The highest BCUT2D eigenvalue weighted by Gasteiger charge is 2.42. The van der Waals surface area contributed by atoms with Crippen molar-refractivity contribution < 1.29 is 28.8 Å². The molecule has 0 N–H and O–H groups in total. The Bertz CT molecular complexity index is 2690. The molecule has 9 rings (SSSR count). The molecule has 56 heavy (non-hydrogen) atoms. The van der Waals surface area contributed by atoms with Gasteiger partial charge in [0.25, 0.3) is 23.6 Å². The van der Waals surface area contributed by atoms with Crippen LogP contribution in [0.4, 0.5) is 0 Å². The van der Waals surface area contributed by atoms with E-state index in [1.807, 2.05) is 19.4 Å². The van der Waals surface area contributed by atoms with Crippen molar-refractivity contribution in [3.8, 4) is 0 Å². The van der Waals surface area contributed by atoms with E-state index in [1.165, 1.54) is 61.2 Å². The van der Waals surface area contributed by atoms with Gasteiger partial charge < -0.3 is 4.84 Å². The Labute approximate surface area is 364 Å². The molecule has 0 saturated heterocycles. The minimum absolute atomic E-state index is 0.00676. The van der Waals surface area contributed by atoms with E-state index in [-0.39, 0.29) is 59.2 Å². The number of hydrogen-bond acceptors (Lipinski definition) is 12. The van der Waals surface area contributed by atoms with E-state index in [0.717, 1.165) is 21.3 Å². The number of carbonyl (C=O) groups excluding carboxylic acids is 5. The topological polar surface area (TPSA) is 101 Å². The molecule has 4 heterocycles. The van der Waals surface area contributed by atoms with Crippen LogP contribution in [-0.2, 0) is 9.63 Å². The fraction of sp³-hybridized carbons (Fsp3) is 0.184. The largest absolute Gasteiger partial charge is 0.371 e. The lowest BCUT2D eigenvalue weighted by Crippen LogP contribution is -2.42. The van der Waals surface area contributed by atoms with Crippen LogP contribution >= 0.6 is 117 Å².